The van der Waals surface area contributed by atoms with Crippen LogP contribution in [0, 0.1) is 0 Å². The van der Waals surface area contributed by atoms with Gasteiger partial charge in [-0.25, -0.2) is 8.42 Å². The highest BCUT2D eigenvalue weighted by atomic mass is 79.9. The molecule has 0 saturated heterocycles. The molecule has 2 amide bonds. The van der Waals surface area contributed by atoms with Crippen molar-refractivity contribution in [3.63, 3.8) is 0 Å². The highest BCUT2D eigenvalue weighted by Gasteiger charge is 2.33. The fraction of sp³-hybridized carbons (Fsp3) is 0.310. The van der Waals surface area contributed by atoms with E-state index in [4.69, 9.17) is 0 Å². The van der Waals surface area contributed by atoms with Crippen molar-refractivity contribution < 1.29 is 18.0 Å². The molecule has 0 heterocycles. The SMILES string of the molecule is CCCNC(=O)C(CC)N(CCc1ccccc1)C(=O)CN(c1cccc(Br)c1)S(=O)(=O)c1ccccc1. The first-order valence-electron chi connectivity index (χ1n) is 12.7. The fourth-order valence-electron chi connectivity index (χ4n) is 4.14. The van der Waals surface area contributed by atoms with E-state index >= 15 is 0 Å². The van der Waals surface area contributed by atoms with Crippen LogP contribution in [-0.4, -0.2) is 50.8 Å². The number of carbonyl (C=O) groups is 2. The number of sulfonamides is 1. The maximum Gasteiger partial charge on any atom is 0.264 e. The largest absolute Gasteiger partial charge is 0.354 e. The molecule has 0 aliphatic heterocycles. The van der Waals surface area contributed by atoms with Crippen molar-refractivity contribution in [1.29, 1.82) is 0 Å². The minimum atomic E-state index is -4.07. The predicted octanol–water partition coefficient (Wildman–Crippen LogP) is 5.02. The van der Waals surface area contributed by atoms with Gasteiger partial charge < -0.3 is 10.2 Å². The monoisotopic (exact) mass is 599 g/mol. The van der Waals surface area contributed by atoms with Gasteiger partial charge in [0.1, 0.15) is 12.6 Å². The summed E-state index contributed by atoms with van der Waals surface area (Å²) in [6.45, 7) is 4.15. The van der Waals surface area contributed by atoms with Crippen LogP contribution in [0.15, 0.2) is 94.3 Å². The Morgan fingerprint density at radius 3 is 2.18 bits per heavy atom. The van der Waals surface area contributed by atoms with Gasteiger partial charge in [0.2, 0.25) is 11.8 Å². The van der Waals surface area contributed by atoms with Gasteiger partial charge in [-0.05, 0) is 55.2 Å². The Balaban J connectivity index is 1.98. The topological polar surface area (TPSA) is 86.8 Å². The molecule has 3 aromatic carbocycles. The first-order chi connectivity index (χ1) is 18.3. The van der Waals surface area contributed by atoms with E-state index < -0.39 is 28.5 Å². The van der Waals surface area contributed by atoms with E-state index in [0.29, 0.717) is 29.5 Å². The minimum absolute atomic E-state index is 0.0799. The summed E-state index contributed by atoms with van der Waals surface area (Å²) in [6.07, 6.45) is 1.71. The summed E-state index contributed by atoms with van der Waals surface area (Å²) in [4.78, 5) is 28.6. The molecule has 9 heteroatoms. The summed E-state index contributed by atoms with van der Waals surface area (Å²) in [7, 11) is -4.07. The standard InChI is InChI=1S/C29H34BrN3O4S/c1-3-19-31-29(35)27(4-2)32(20-18-23-12-7-5-8-13-23)28(34)22-33(25-15-11-14-24(30)21-25)38(36,37)26-16-9-6-10-17-26/h5-17,21,27H,3-4,18-20,22H2,1-2H3,(H,31,35). The van der Waals surface area contributed by atoms with Gasteiger partial charge in [0, 0.05) is 17.6 Å². The molecule has 1 unspecified atom stereocenters. The summed E-state index contributed by atoms with van der Waals surface area (Å²) in [5.41, 5.74) is 1.37. The van der Waals surface area contributed by atoms with Gasteiger partial charge in [0.15, 0.2) is 0 Å². The molecule has 1 N–H and O–H groups in total. The average Bonchev–Trinajstić information content (AvgIpc) is 2.93. The zero-order chi connectivity index (χ0) is 27.5. The lowest BCUT2D eigenvalue weighted by Gasteiger charge is -2.33. The second-order valence-electron chi connectivity index (χ2n) is 8.84. The molecule has 0 spiro atoms. The fourth-order valence-corrected chi connectivity index (χ4v) is 5.96. The van der Waals surface area contributed by atoms with E-state index in [0.717, 1.165) is 16.3 Å². The summed E-state index contributed by atoms with van der Waals surface area (Å²) >= 11 is 3.41. The Kier molecular flexibility index (Phi) is 10.9. The van der Waals surface area contributed by atoms with Gasteiger partial charge in [0.05, 0.1) is 10.6 Å². The third-order valence-electron chi connectivity index (χ3n) is 6.13. The predicted molar refractivity (Wildman–Crippen MR) is 154 cm³/mol. The summed E-state index contributed by atoms with van der Waals surface area (Å²) in [5.74, 6) is -0.686. The number of rotatable bonds is 13. The number of anilines is 1. The van der Waals surface area contributed by atoms with Crippen LogP contribution in [0.2, 0.25) is 0 Å². The third-order valence-corrected chi connectivity index (χ3v) is 8.41. The van der Waals surface area contributed by atoms with Gasteiger partial charge in [0.25, 0.3) is 10.0 Å². The Morgan fingerprint density at radius 1 is 0.921 bits per heavy atom. The highest BCUT2D eigenvalue weighted by molar-refractivity contribution is 9.10. The molecule has 3 aromatic rings. The molecule has 7 nitrogen and oxygen atoms in total. The summed E-state index contributed by atoms with van der Waals surface area (Å²) in [6, 6.07) is 23.8. The Bertz CT molecular complexity index is 1300. The minimum Gasteiger partial charge on any atom is -0.354 e. The van der Waals surface area contributed by atoms with Crippen molar-refractivity contribution in [2.24, 2.45) is 0 Å². The van der Waals surface area contributed by atoms with Crippen molar-refractivity contribution in [3.8, 4) is 0 Å². The number of benzene rings is 3. The van der Waals surface area contributed by atoms with E-state index in [1.807, 2.05) is 44.2 Å². The zero-order valence-corrected chi connectivity index (χ0v) is 24.1. The number of nitrogens with one attached hydrogen (secondary N) is 1. The van der Waals surface area contributed by atoms with Crippen molar-refractivity contribution in [1.82, 2.24) is 10.2 Å². The summed E-state index contributed by atoms with van der Waals surface area (Å²) < 4.78 is 29.3. The van der Waals surface area contributed by atoms with Crippen LogP contribution in [0.4, 0.5) is 5.69 Å². The number of hydrogen-bond donors (Lipinski definition) is 1. The van der Waals surface area contributed by atoms with Gasteiger partial charge >= 0.3 is 0 Å². The number of hydrogen-bond acceptors (Lipinski definition) is 4. The van der Waals surface area contributed by atoms with E-state index in [2.05, 4.69) is 21.2 Å². The quantitative estimate of drug-likeness (QED) is 0.299. The molecule has 202 valence electrons. The molecule has 0 bridgehead atoms. The number of amides is 2. The van der Waals surface area contributed by atoms with Crippen molar-refractivity contribution in [2.75, 3.05) is 23.9 Å². The lowest BCUT2D eigenvalue weighted by Crippen LogP contribution is -2.53. The molecular formula is C29H34BrN3O4S. The van der Waals surface area contributed by atoms with E-state index in [1.54, 1.807) is 42.5 Å². The second-order valence-corrected chi connectivity index (χ2v) is 11.6. The Hall–Kier alpha value is -3.17. The van der Waals surface area contributed by atoms with Crippen LogP contribution < -0.4 is 9.62 Å². The normalized spacial score (nSPS) is 12.0. The van der Waals surface area contributed by atoms with Gasteiger partial charge in [-0.2, -0.15) is 0 Å². The number of halogens is 1. The molecule has 38 heavy (non-hydrogen) atoms. The molecule has 0 saturated carbocycles. The molecule has 0 aromatic heterocycles. The number of carbonyl (C=O) groups excluding carboxylic acids is 2. The maximum absolute atomic E-state index is 13.9. The molecule has 1 atom stereocenters. The summed E-state index contributed by atoms with van der Waals surface area (Å²) in [5, 5.41) is 2.89. The zero-order valence-electron chi connectivity index (χ0n) is 21.7. The van der Waals surface area contributed by atoms with Crippen LogP contribution >= 0.6 is 15.9 Å². The Morgan fingerprint density at radius 2 is 1.58 bits per heavy atom. The Labute approximate surface area is 234 Å². The third kappa shape index (κ3) is 7.68. The van der Waals surface area contributed by atoms with Gasteiger partial charge in [-0.3, -0.25) is 13.9 Å². The highest BCUT2D eigenvalue weighted by Crippen LogP contribution is 2.27. The van der Waals surface area contributed by atoms with Crippen molar-refractivity contribution >= 4 is 43.5 Å². The number of nitrogens with zero attached hydrogens (tertiary/aromatic N) is 2. The molecule has 0 fully saturated rings. The van der Waals surface area contributed by atoms with Crippen molar-refractivity contribution in [2.45, 2.75) is 44.0 Å². The van der Waals surface area contributed by atoms with Crippen LogP contribution in [0.3, 0.4) is 0 Å². The smallest absolute Gasteiger partial charge is 0.264 e. The van der Waals surface area contributed by atoms with Gasteiger partial charge in [-0.1, -0.05) is 84.4 Å². The molecule has 0 radical (unpaired) electrons. The van der Waals surface area contributed by atoms with Crippen molar-refractivity contribution in [3.05, 3.63) is 95.0 Å². The van der Waals surface area contributed by atoms with E-state index in [-0.39, 0.29) is 17.3 Å². The molecule has 0 aliphatic rings. The van der Waals surface area contributed by atoms with Crippen LogP contribution in [-0.2, 0) is 26.0 Å². The molecule has 0 aliphatic carbocycles. The van der Waals surface area contributed by atoms with Crippen LogP contribution in [0.25, 0.3) is 0 Å². The lowest BCUT2D eigenvalue weighted by atomic mass is 10.1. The average molecular weight is 601 g/mol. The molecule has 3 rings (SSSR count). The first kappa shape index (κ1) is 29.4. The first-order valence-corrected chi connectivity index (χ1v) is 15.0. The van der Waals surface area contributed by atoms with Crippen LogP contribution in [0.5, 0.6) is 0 Å². The maximum atomic E-state index is 13.9. The van der Waals surface area contributed by atoms with E-state index in [1.165, 1.54) is 17.0 Å². The van der Waals surface area contributed by atoms with E-state index in [9.17, 15) is 18.0 Å². The second kappa shape index (κ2) is 14.1. The lowest BCUT2D eigenvalue weighted by molar-refractivity contribution is -0.139. The molecular weight excluding hydrogens is 566 g/mol. The van der Waals surface area contributed by atoms with Gasteiger partial charge in [-0.15, -0.1) is 0 Å². The van der Waals surface area contributed by atoms with Crippen LogP contribution in [0.1, 0.15) is 32.3 Å².